The van der Waals surface area contributed by atoms with Crippen molar-refractivity contribution in [1.82, 2.24) is 19.8 Å². The van der Waals surface area contributed by atoms with Crippen LogP contribution >= 0.6 is 11.3 Å². The molecule has 0 aliphatic heterocycles. The normalized spacial score (nSPS) is 11.2. The third-order valence-corrected chi connectivity index (χ3v) is 4.04. The van der Waals surface area contributed by atoms with Crippen LogP contribution in [0.25, 0.3) is 4.96 Å². The fourth-order valence-corrected chi connectivity index (χ4v) is 2.87. The second kappa shape index (κ2) is 4.97. The van der Waals surface area contributed by atoms with Gasteiger partial charge in [-0.2, -0.15) is 9.61 Å². The van der Waals surface area contributed by atoms with Gasteiger partial charge in [0.2, 0.25) is 4.96 Å². The average molecular weight is 273 g/mol. The molecular weight excluding hydrogens is 258 g/mol. The molecule has 0 spiro atoms. The van der Waals surface area contributed by atoms with Crippen LogP contribution in [-0.4, -0.2) is 19.8 Å². The van der Waals surface area contributed by atoms with Crippen molar-refractivity contribution in [2.45, 2.75) is 26.2 Å². The molecule has 0 amide bonds. The van der Waals surface area contributed by atoms with E-state index < -0.39 is 0 Å². The second-order valence-electron chi connectivity index (χ2n) is 4.36. The lowest BCUT2D eigenvalue weighted by Crippen LogP contribution is -1.98. The molecule has 6 heteroatoms. The van der Waals surface area contributed by atoms with Gasteiger partial charge in [-0.25, -0.2) is 0 Å². The van der Waals surface area contributed by atoms with Gasteiger partial charge in [0.15, 0.2) is 5.82 Å². The monoisotopic (exact) mass is 273 g/mol. The summed E-state index contributed by atoms with van der Waals surface area (Å²) in [6.45, 7) is 2.06. The van der Waals surface area contributed by atoms with E-state index in [0.29, 0.717) is 0 Å². The predicted octanol–water partition coefficient (Wildman–Crippen LogP) is 2.12. The van der Waals surface area contributed by atoms with Gasteiger partial charge < -0.3 is 5.73 Å². The van der Waals surface area contributed by atoms with E-state index in [4.69, 9.17) is 5.73 Å². The highest BCUT2D eigenvalue weighted by molar-refractivity contribution is 7.16. The first kappa shape index (κ1) is 12.1. The van der Waals surface area contributed by atoms with Crippen LogP contribution < -0.4 is 5.73 Å². The molecule has 0 atom stereocenters. The number of anilines is 1. The summed E-state index contributed by atoms with van der Waals surface area (Å²) in [5.74, 6) is 0.914. The summed E-state index contributed by atoms with van der Waals surface area (Å²) >= 11 is 1.60. The molecule has 0 aliphatic carbocycles. The second-order valence-corrected chi connectivity index (χ2v) is 5.40. The number of aryl methyl sites for hydroxylation is 3. The third kappa shape index (κ3) is 2.31. The number of rotatable bonds is 4. The van der Waals surface area contributed by atoms with E-state index in [0.717, 1.165) is 40.7 Å². The Hall–Kier alpha value is -1.95. The molecule has 5 nitrogen and oxygen atoms in total. The molecule has 2 heterocycles. The molecule has 0 bridgehead atoms. The molecular formula is C13H15N5S. The summed E-state index contributed by atoms with van der Waals surface area (Å²) < 4.78 is 1.84. The molecule has 3 rings (SSSR count). The maximum absolute atomic E-state index is 5.94. The SMILES string of the molecule is CCc1nnc2sc(CCc3ccccc3N)nn12. The Morgan fingerprint density at radius 3 is 2.84 bits per heavy atom. The van der Waals surface area contributed by atoms with E-state index in [1.54, 1.807) is 11.3 Å². The fraction of sp³-hybridized carbons (Fsp3) is 0.308. The van der Waals surface area contributed by atoms with Crippen LogP contribution in [0.1, 0.15) is 23.3 Å². The molecule has 0 aliphatic rings. The van der Waals surface area contributed by atoms with Gasteiger partial charge in [-0.3, -0.25) is 0 Å². The van der Waals surface area contributed by atoms with Crippen LogP contribution in [0.5, 0.6) is 0 Å². The molecule has 2 N–H and O–H groups in total. The molecule has 0 radical (unpaired) electrons. The van der Waals surface area contributed by atoms with Crippen molar-refractivity contribution in [3.8, 4) is 0 Å². The predicted molar refractivity (Wildman–Crippen MR) is 76.3 cm³/mol. The Bertz CT molecular complexity index is 700. The molecule has 0 unspecified atom stereocenters. The quantitative estimate of drug-likeness (QED) is 0.739. The number of nitrogen functional groups attached to an aromatic ring is 1. The van der Waals surface area contributed by atoms with Crippen molar-refractivity contribution in [3.05, 3.63) is 40.7 Å². The van der Waals surface area contributed by atoms with Gasteiger partial charge in [0.25, 0.3) is 0 Å². The van der Waals surface area contributed by atoms with E-state index in [2.05, 4.69) is 28.3 Å². The van der Waals surface area contributed by atoms with Crippen molar-refractivity contribution in [2.24, 2.45) is 0 Å². The zero-order valence-corrected chi connectivity index (χ0v) is 11.5. The molecule has 19 heavy (non-hydrogen) atoms. The number of aromatic nitrogens is 4. The molecule has 3 aromatic rings. The summed E-state index contributed by atoms with van der Waals surface area (Å²) in [5.41, 5.74) is 7.96. The Morgan fingerprint density at radius 2 is 2.05 bits per heavy atom. The largest absolute Gasteiger partial charge is 0.399 e. The third-order valence-electron chi connectivity index (χ3n) is 3.08. The average Bonchev–Trinajstić information content (AvgIpc) is 2.97. The van der Waals surface area contributed by atoms with Gasteiger partial charge >= 0.3 is 0 Å². The smallest absolute Gasteiger partial charge is 0.234 e. The summed E-state index contributed by atoms with van der Waals surface area (Å²) in [6.07, 6.45) is 2.62. The minimum atomic E-state index is 0.843. The molecule has 1 aromatic carbocycles. The van der Waals surface area contributed by atoms with E-state index in [9.17, 15) is 0 Å². The van der Waals surface area contributed by atoms with Crippen LogP contribution in [0.2, 0.25) is 0 Å². The maximum Gasteiger partial charge on any atom is 0.234 e. The Morgan fingerprint density at radius 1 is 1.21 bits per heavy atom. The van der Waals surface area contributed by atoms with Gasteiger partial charge in [-0.05, 0) is 18.1 Å². The molecule has 0 saturated carbocycles. The minimum Gasteiger partial charge on any atom is -0.399 e. The zero-order chi connectivity index (χ0) is 13.2. The molecule has 2 aromatic heterocycles. The summed E-state index contributed by atoms with van der Waals surface area (Å²) in [6, 6.07) is 7.96. The van der Waals surface area contributed by atoms with E-state index in [-0.39, 0.29) is 0 Å². The number of hydrogen-bond acceptors (Lipinski definition) is 5. The highest BCUT2D eigenvalue weighted by atomic mass is 32.1. The van der Waals surface area contributed by atoms with Crippen molar-refractivity contribution >= 4 is 22.0 Å². The van der Waals surface area contributed by atoms with Crippen LogP contribution in [0.4, 0.5) is 5.69 Å². The van der Waals surface area contributed by atoms with E-state index in [1.807, 2.05) is 22.7 Å². The van der Waals surface area contributed by atoms with Gasteiger partial charge in [0, 0.05) is 18.5 Å². The number of nitrogens with two attached hydrogens (primary N) is 1. The van der Waals surface area contributed by atoms with Crippen LogP contribution in [0, 0.1) is 0 Å². The lowest BCUT2D eigenvalue weighted by molar-refractivity contribution is 0.801. The Balaban J connectivity index is 1.78. The highest BCUT2D eigenvalue weighted by Gasteiger charge is 2.10. The Labute approximate surface area is 115 Å². The maximum atomic E-state index is 5.94. The van der Waals surface area contributed by atoms with Crippen molar-refractivity contribution in [3.63, 3.8) is 0 Å². The van der Waals surface area contributed by atoms with Crippen molar-refractivity contribution in [2.75, 3.05) is 5.73 Å². The van der Waals surface area contributed by atoms with Crippen LogP contribution in [0.15, 0.2) is 24.3 Å². The van der Waals surface area contributed by atoms with E-state index in [1.165, 1.54) is 5.56 Å². The number of hydrogen-bond donors (Lipinski definition) is 1. The number of benzene rings is 1. The van der Waals surface area contributed by atoms with Crippen LogP contribution in [0.3, 0.4) is 0 Å². The summed E-state index contributed by atoms with van der Waals surface area (Å²) in [5, 5.41) is 13.8. The number of fused-ring (bicyclic) bond motifs is 1. The van der Waals surface area contributed by atoms with Gasteiger partial charge in [-0.1, -0.05) is 36.5 Å². The fourth-order valence-electron chi connectivity index (χ4n) is 2.02. The number of para-hydroxylation sites is 1. The highest BCUT2D eigenvalue weighted by Crippen LogP contribution is 2.18. The van der Waals surface area contributed by atoms with Gasteiger partial charge in [0.05, 0.1) is 0 Å². The lowest BCUT2D eigenvalue weighted by Gasteiger charge is -2.02. The molecule has 0 fully saturated rings. The summed E-state index contributed by atoms with van der Waals surface area (Å²) in [7, 11) is 0. The van der Waals surface area contributed by atoms with Crippen molar-refractivity contribution in [1.29, 1.82) is 0 Å². The summed E-state index contributed by atoms with van der Waals surface area (Å²) in [4.78, 5) is 0.868. The van der Waals surface area contributed by atoms with Crippen LogP contribution in [-0.2, 0) is 19.3 Å². The van der Waals surface area contributed by atoms with E-state index >= 15 is 0 Å². The van der Waals surface area contributed by atoms with Crippen molar-refractivity contribution < 1.29 is 0 Å². The zero-order valence-electron chi connectivity index (χ0n) is 10.7. The van der Waals surface area contributed by atoms with Gasteiger partial charge in [-0.15, -0.1) is 10.2 Å². The first-order chi connectivity index (χ1) is 9.28. The first-order valence-electron chi connectivity index (χ1n) is 6.31. The lowest BCUT2D eigenvalue weighted by atomic mass is 10.1. The molecule has 0 saturated heterocycles. The molecule has 98 valence electrons. The van der Waals surface area contributed by atoms with Gasteiger partial charge in [0.1, 0.15) is 5.01 Å². The minimum absolute atomic E-state index is 0.843. The topological polar surface area (TPSA) is 69.1 Å². The first-order valence-corrected chi connectivity index (χ1v) is 7.13. The standard InChI is InChI=1S/C13H15N5S/c1-2-11-15-16-13-18(11)17-12(19-13)8-7-9-5-3-4-6-10(9)14/h3-6H,2,7-8,14H2,1H3. The number of nitrogens with zero attached hydrogens (tertiary/aromatic N) is 4. The Kier molecular flexibility index (Phi) is 3.16.